The van der Waals surface area contributed by atoms with E-state index < -0.39 is 0 Å². The number of nitrogens with zero attached hydrogens (tertiary/aromatic N) is 1. The van der Waals surface area contributed by atoms with Crippen LogP contribution >= 0.6 is 0 Å². The van der Waals surface area contributed by atoms with Crippen molar-refractivity contribution in [2.24, 2.45) is 5.92 Å². The third kappa shape index (κ3) is 1.89. The normalized spacial score (nSPS) is 42.5. The van der Waals surface area contributed by atoms with Crippen molar-refractivity contribution in [1.29, 1.82) is 0 Å². The van der Waals surface area contributed by atoms with Crippen molar-refractivity contribution in [1.82, 2.24) is 4.90 Å². The first-order valence-electron chi connectivity index (χ1n) is 5.71. The smallest absolute Gasteiger partial charge is 0.0698 e. The average Bonchev–Trinajstić information content (AvgIpc) is 2.57. The molecule has 1 aliphatic heterocycles. The highest BCUT2D eigenvalue weighted by Gasteiger charge is 2.34. The Labute approximate surface area is 80.9 Å². The van der Waals surface area contributed by atoms with E-state index in [1.165, 1.54) is 38.8 Å². The lowest BCUT2D eigenvalue weighted by molar-refractivity contribution is 0.00189. The topological polar surface area (TPSA) is 23.5 Å². The Bertz CT molecular complexity index is 155. The number of aliphatic hydroxyl groups excluding tert-OH is 1. The fraction of sp³-hybridized carbons (Fsp3) is 1.00. The number of rotatable bonds is 1. The molecule has 2 aliphatic rings. The Kier molecular flexibility index (Phi) is 2.89. The maximum Gasteiger partial charge on any atom is 0.0698 e. The van der Waals surface area contributed by atoms with Crippen LogP contribution < -0.4 is 0 Å². The van der Waals surface area contributed by atoms with E-state index in [1.54, 1.807) is 0 Å². The maximum absolute atomic E-state index is 9.96. The first-order valence-corrected chi connectivity index (χ1v) is 5.71. The maximum atomic E-state index is 9.96. The van der Waals surface area contributed by atoms with Gasteiger partial charge in [0.1, 0.15) is 0 Å². The molecule has 1 aliphatic carbocycles. The van der Waals surface area contributed by atoms with Crippen molar-refractivity contribution in [2.45, 2.75) is 51.2 Å². The predicted octanol–water partition coefficient (Wildman–Crippen LogP) is 1.63. The summed E-state index contributed by atoms with van der Waals surface area (Å²) in [6.45, 7) is 4.73. The van der Waals surface area contributed by atoms with E-state index in [4.69, 9.17) is 0 Å². The zero-order chi connectivity index (χ0) is 9.26. The van der Waals surface area contributed by atoms with Crippen LogP contribution in [-0.2, 0) is 0 Å². The van der Waals surface area contributed by atoms with Crippen molar-refractivity contribution in [3.8, 4) is 0 Å². The van der Waals surface area contributed by atoms with Gasteiger partial charge in [-0.25, -0.2) is 0 Å². The van der Waals surface area contributed by atoms with Gasteiger partial charge in [0.05, 0.1) is 6.10 Å². The Morgan fingerprint density at radius 1 is 1.08 bits per heavy atom. The van der Waals surface area contributed by atoms with Gasteiger partial charge in [0.25, 0.3) is 0 Å². The summed E-state index contributed by atoms with van der Waals surface area (Å²) >= 11 is 0. The number of hydrogen-bond donors (Lipinski definition) is 1. The Morgan fingerprint density at radius 3 is 2.38 bits per heavy atom. The molecule has 1 heterocycles. The zero-order valence-electron chi connectivity index (χ0n) is 8.58. The minimum Gasteiger partial charge on any atom is -0.391 e. The van der Waals surface area contributed by atoms with Crippen LogP contribution in [-0.4, -0.2) is 35.2 Å². The molecule has 0 spiro atoms. The van der Waals surface area contributed by atoms with Crippen molar-refractivity contribution in [3.05, 3.63) is 0 Å². The predicted molar refractivity (Wildman–Crippen MR) is 53.6 cm³/mol. The van der Waals surface area contributed by atoms with Crippen molar-refractivity contribution in [2.75, 3.05) is 13.1 Å². The largest absolute Gasteiger partial charge is 0.391 e. The third-order valence-electron chi connectivity index (χ3n) is 3.70. The van der Waals surface area contributed by atoms with E-state index in [1.807, 2.05) is 0 Å². The van der Waals surface area contributed by atoms with Crippen LogP contribution in [0.1, 0.15) is 39.0 Å². The first kappa shape index (κ1) is 9.47. The molecule has 1 saturated carbocycles. The fourth-order valence-electron chi connectivity index (χ4n) is 3.01. The summed E-state index contributed by atoms with van der Waals surface area (Å²) in [6.07, 6.45) is 6.14. The second-order valence-electron chi connectivity index (χ2n) is 4.71. The second kappa shape index (κ2) is 3.97. The van der Waals surface area contributed by atoms with E-state index in [9.17, 15) is 5.11 Å². The van der Waals surface area contributed by atoms with Gasteiger partial charge in [-0.3, -0.25) is 4.90 Å². The average molecular weight is 183 g/mol. The highest BCUT2D eigenvalue weighted by molar-refractivity contribution is 4.89. The van der Waals surface area contributed by atoms with E-state index in [-0.39, 0.29) is 6.10 Å². The van der Waals surface area contributed by atoms with Crippen molar-refractivity contribution in [3.63, 3.8) is 0 Å². The van der Waals surface area contributed by atoms with Gasteiger partial charge in [0.15, 0.2) is 0 Å². The van der Waals surface area contributed by atoms with Crippen LogP contribution in [0.25, 0.3) is 0 Å². The minimum atomic E-state index is -0.0538. The highest BCUT2D eigenvalue weighted by Crippen LogP contribution is 2.30. The number of likely N-dealkylation sites (tertiary alicyclic amines) is 1. The quantitative estimate of drug-likeness (QED) is 0.668. The monoisotopic (exact) mass is 183 g/mol. The molecule has 0 aromatic heterocycles. The minimum absolute atomic E-state index is 0.0538. The fourth-order valence-corrected chi connectivity index (χ4v) is 3.01. The van der Waals surface area contributed by atoms with Gasteiger partial charge < -0.3 is 5.11 Å². The second-order valence-corrected chi connectivity index (χ2v) is 4.71. The van der Waals surface area contributed by atoms with Crippen molar-refractivity contribution >= 4 is 0 Å². The molecule has 76 valence electrons. The Hall–Kier alpha value is -0.0800. The molecule has 0 amide bonds. The molecule has 1 saturated heterocycles. The van der Waals surface area contributed by atoms with Gasteiger partial charge in [-0.05, 0) is 44.7 Å². The van der Waals surface area contributed by atoms with Gasteiger partial charge in [-0.2, -0.15) is 0 Å². The lowest BCUT2D eigenvalue weighted by Gasteiger charge is -2.39. The molecule has 3 unspecified atom stereocenters. The first-order chi connectivity index (χ1) is 6.29. The molecule has 1 N–H and O–H groups in total. The van der Waals surface area contributed by atoms with Crippen LogP contribution in [0.4, 0.5) is 0 Å². The lowest BCUT2D eigenvalue weighted by atomic mass is 9.83. The van der Waals surface area contributed by atoms with Gasteiger partial charge in [0.2, 0.25) is 0 Å². The van der Waals surface area contributed by atoms with Crippen molar-refractivity contribution < 1.29 is 5.11 Å². The molecule has 2 rings (SSSR count). The van der Waals surface area contributed by atoms with Crippen LogP contribution in [0.2, 0.25) is 0 Å². The molecule has 0 aromatic carbocycles. The van der Waals surface area contributed by atoms with E-state index in [0.717, 1.165) is 6.42 Å². The van der Waals surface area contributed by atoms with Crippen LogP contribution in [0.15, 0.2) is 0 Å². The zero-order valence-corrected chi connectivity index (χ0v) is 8.58. The summed E-state index contributed by atoms with van der Waals surface area (Å²) in [5, 5.41) is 9.96. The summed E-state index contributed by atoms with van der Waals surface area (Å²) < 4.78 is 0. The van der Waals surface area contributed by atoms with E-state index >= 15 is 0 Å². The summed E-state index contributed by atoms with van der Waals surface area (Å²) in [6, 6.07) is 0.469. The summed E-state index contributed by atoms with van der Waals surface area (Å²) in [7, 11) is 0. The van der Waals surface area contributed by atoms with Gasteiger partial charge in [0, 0.05) is 6.04 Å². The van der Waals surface area contributed by atoms with E-state index in [2.05, 4.69) is 11.8 Å². The van der Waals surface area contributed by atoms with E-state index in [0.29, 0.717) is 12.0 Å². The molecule has 2 nitrogen and oxygen atoms in total. The summed E-state index contributed by atoms with van der Waals surface area (Å²) in [5.74, 6) is 0.696. The number of aliphatic hydroxyl groups is 1. The molecule has 0 radical (unpaired) electrons. The molecular formula is C11H21NO. The molecule has 13 heavy (non-hydrogen) atoms. The third-order valence-corrected chi connectivity index (χ3v) is 3.70. The summed E-state index contributed by atoms with van der Waals surface area (Å²) in [4.78, 5) is 2.51. The Morgan fingerprint density at radius 2 is 1.77 bits per heavy atom. The van der Waals surface area contributed by atoms with Crippen LogP contribution in [0, 0.1) is 5.92 Å². The highest BCUT2D eigenvalue weighted by atomic mass is 16.3. The number of hydrogen-bond acceptors (Lipinski definition) is 2. The van der Waals surface area contributed by atoms with Crippen LogP contribution in [0.3, 0.4) is 0 Å². The van der Waals surface area contributed by atoms with Gasteiger partial charge >= 0.3 is 0 Å². The lowest BCUT2D eigenvalue weighted by Crippen LogP contribution is -2.48. The molecule has 0 aromatic rings. The summed E-state index contributed by atoms with van der Waals surface area (Å²) in [5.41, 5.74) is 0. The Balaban J connectivity index is 2.00. The molecular weight excluding hydrogens is 162 g/mol. The van der Waals surface area contributed by atoms with Crippen LogP contribution in [0.5, 0.6) is 0 Å². The van der Waals surface area contributed by atoms with Gasteiger partial charge in [-0.15, -0.1) is 0 Å². The molecule has 2 heteroatoms. The molecule has 0 bridgehead atoms. The molecule has 3 atom stereocenters. The standard InChI is InChI=1S/C11H21NO/c1-9-5-4-6-10(13)11(9)12-7-2-3-8-12/h9-11,13H,2-8H2,1H3. The SMILES string of the molecule is CC1CCCC(O)C1N1CCCC1. The van der Waals surface area contributed by atoms with Gasteiger partial charge in [-0.1, -0.05) is 13.3 Å². The molecule has 2 fully saturated rings.